The van der Waals surface area contributed by atoms with Gasteiger partial charge in [0.05, 0.1) is 13.0 Å². The maximum Gasteiger partial charge on any atom is 0.304 e. The Balaban J connectivity index is 2.05. The number of H-pyrrole nitrogens is 1. The standard InChI is InChI=1S/C14H14FNO3/c15-11-4-1-2-6-13(11)19-9-10(8-14(17)18)12-5-3-7-16-12/h1-7,10,16H,8-9H2,(H,17,18). The molecule has 5 heteroatoms. The quantitative estimate of drug-likeness (QED) is 0.842. The molecule has 0 aliphatic rings. The first-order chi connectivity index (χ1) is 9.16. The molecular formula is C14H14FNO3. The second-order valence-electron chi connectivity index (χ2n) is 4.16. The van der Waals surface area contributed by atoms with Crippen LogP contribution in [0, 0.1) is 5.82 Å². The molecule has 1 aromatic heterocycles. The summed E-state index contributed by atoms with van der Waals surface area (Å²) >= 11 is 0. The Morgan fingerprint density at radius 3 is 2.74 bits per heavy atom. The summed E-state index contributed by atoms with van der Waals surface area (Å²) in [5, 5.41) is 8.89. The zero-order chi connectivity index (χ0) is 13.7. The molecular weight excluding hydrogens is 249 g/mol. The third-order valence-electron chi connectivity index (χ3n) is 2.76. The van der Waals surface area contributed by atoms with E-state index in [0.717, 1.165) is 5.69 Å². The van der Waals surface area contributed by atoms with Gasteiger partial charge in [-0.2, -0.15) is 0 Å². The molecule has 1 unspecified atom stereocenters. The number of carboxylic acid groups (broad SMARTS) is 1. The number of rotatable bonds is 6. The van der Waals surface area contributed by atoms with Crippen molar-refractivity contribution in [2.24, 2.45) is 0 Å². The number of aromatic amines is 1. The number of ether oxygens (including phenoxy) is 1. The molecule has 2 aromatic rings. The maximum absolute atomic E-state index is 13.4. The van der Waals surface area contributed by atoms with E-state index < -0.39 is 11.8 Å². The molecule has 1 atom stereocenters. The van der Waals surface area contributed by atoms with Crippen LogP contribution in [0.3, 0.4) is 0 Å². The Hall–Kier alpha value is -2.30. The summed E-state index contributed by atoms with van der Waals surface area (Å²) in [6.45, 7) is 0.105. The lowest BCUT2D eigenvalue weighted by molar-refractivity contribution is -0.137. The highest BCUT2D eigenvalue weighted by Gasteiger charge is 2.18. The number of aliphatic carboxylic acids is 1. The van der Waals surface area contributed by atoms with Gasteiger partial charge in [-0.3, -0.25) is 4.79 Å². The van der Waals surface area contributed by atoms with Crippen molar-refractivity contribution in [2.75, 3.05) is 6.61 Å². The first-order valence-corrected chi connectivity index (χ1v) is 5.89. The minimum absolute atomic E-state index is 0.0744. The van der Waals surface area contributed by atoms with Crippen LogP contribution in [0.2, 0.25) is 0 Å². The fourth-order valence-electron chi connectivity index (χ4n) is 1.82. The van der Waals surface area contributed by atoms with Gasteiger partial charge in [0, 0.05) is 17.8 Å². The smallest absolute Gasteiger partial charge is 0.304 e. The van der Waals surface area contributed by atoms with Crippen molar-refractivity contribution < 1.29 is 19.0 Å². The third-order valence-corrected chi connectivity index (χ3v) is 2.76. The van der Waals surface area contributed by atoms with Crippen molar-refractivity contribution in [3.8, 4) is 5.75 Å². The summed E-state index contributed by atoms with van der Waals surface area (Å²) in [6, 6.07) is 9.63. The Labute approximate surface area is 109 Å². The second kappa shape index (κ2) is 6.04. The number of carbonyl (C=O) groups is 1. The number of benzene rings is 1. The van der Waals surface area contributed by atoms with Crippen LogP contribution in [0.5, 0.6) is 5.75 Å². The zero-order valence-corrected chi connectivity index (χ0v) is 10.2. The summed E-state index contributed by atoms with van der Waals surface area (Å²) in [5.74, 6) is -1.59. The van der Waals surface area contributed by atoms with E-state index in [1.54, 1.807) is 30.5 Å². The highest BCUT2D eigenvalue weighted by molar-refractivity contribution is 5.67. The molecule has 100 valence electrons. The van der Waals surface area contributed by atoms with Crippen molar-refractivity contribution in [1.29, 1.82) is 0 Å². The van der Waals surface area contributed by atoms with Crippen LogP contribution in [0.4, 0.5) is 4.39 Å². The van der Waals surface area contributed by atoms with Crippen LogP contribution in [-0.4, -0.2) is 22.7 Å². The molecule has 2 rings (SSSR count). The maximum atomic E-state index is 13.4. The summed E-state index contributed by atoms with van der Waals surface area (Å²) in [7, 11) is 0. The lowest BCUT2D eigenvalue weighted by atomic mass is 10.0. The van der Waals surface area contributed by atoms with E-state index in [9.17, 15) is 9.18 Å². The predicted molar refractivity (Wildman–Crippen MR) is 67.7 cm³/mol. The Kier molecular flexibility index (Phi) is 4.18. The highest BCUT2D eigenvalue weighted by Crippen LogP contribution is 2.22. The monoisotopic (exact) mass is 263 g/mol. The normalized spacial score (nSPS) is 12.1. The molecule has 4 nitrogen and oxygen atoms in total. The lowest BCUT2D eigenvalue weighted by Crippen LogP contribution is -2.15. The van der Waals surface area contributed by atoms with Gasteiger partial charge in [-0.15, -0.1) is 0 Å². The molecule has 2 N–H and O–H groups in total. The average molecular weight is 263 g/mol. The molecule has 0 radical (unpaired) electrons. The minimum Gasteiger partial charge on any atom is -0.490 e. The Bertz CT molecular complexity index is 539. The SMILES string of the molecule is O=C(O)CC(COc1ccccc1F)c1ccc[nH]1. The van der Waals surface area contributed by atoms with E-state index in [1.165, 1.54) is 12.1 Å². The Morgan fingerprint density at radius 1 is 1.32 bits per heavy atom. The number of hydrogen-bond donors (Lipinski definition) is 2. The zero-order valence-electron chi connectivity index (χ0n) is 10.2. The fourth-order valence-corrected chi connectivity index (χ4v) is 1.82. The number of carboxylic acids is 1. The molecule has 1 aromatic carbocycles. The summed E-state index contributed by atoms with van der Waals surface area (Å²) < 4.78 is 18.8. The predicted octanol–water partition coefficient (Wildman–Crippen LogP) is 2.79. The first kappa shape index (κ1) is 13.1. The number of hydrogen-bond acceptors (Lipinski definition) is 2. The van der Waals surface area contributed by atoms with Gasteiger partial charge in [-0.1, -0.05) is 12.1 Å². The van der Waals surface area contributed by atoms with Gasteiger partial charge in [0.1, 0.15) is 0 Å². The van der Waals surface area contributed by atoms with E-state index in [2.05, 4.69) is 4.98 Å². The van der Waals surface area contributed by atoms with Gasteiger partial charge in [0.2, 0.25) is 0 Å². The average Bonchev–Trinajstić information content (AvgIpc) is 2.89. The van der Waals surface area contributed by atoms with Gasteiger partial charge in [-0.05, 0) is 24.3 Å². The molecule has 1 heterocycles. The van der Waals surface area contributed by atoms with E-state index in [4.69, 9.17) is 9.84 Å². The Morgan fingerprint density at radius 2 is 2.11 bits per heavy atom. The highest BCUT2D eigenvalue weighted by atomic mass is 19.1. The van der Waals surface area contributed by atoms with Crippen molar-refractivity contribution in [3.05, 3.63) is 54.1 Å². The van der Waals surface area contributed by atoms with Gasteiger partial charge >= 0.3 is 5.97 Å². The second-order valence-corrected chi connectivity index (χ2v) is 4.16. The molecule has 0 fully saturated rings. The van der Waals surface area contributed by atoms with E-state index >= 15 is 0 Å². The lowest BCUT2D eigenvalue weighted by Gasteiger charge is -2.15. The molecule has 0 spiro atoms. The van der Waals surface area contributed by atoms with Gasteiger partial charge in [0.15, 0.2) is 11.6 Å². The first-order valence-electron chi connectivity index (χ1n) is 5.89. The van der Waals surface area contributed by atoms with Crippen molar-refractivity contribution >= 4 is 5.97 Å². The van der Waals surface area contributed by atoms with E-state index in [1.807, 2.05) is 0 Å². The van der Waals surface area contributed by atoms with Crippen LogP contribution in [-0.2, 0) is 4.79 Å². The van der Waals surface area contributed by atoms with Gasteiger partial charge in [0.25, 0.3) is 0 Å². The van der Waals surface area contributed by atoms with Gasteiger partial charge < -0.3 is 14.8 Å². The molecule has 0 bridgehead atoms. The molecule has 0 saturated carbocycles. The van der Waals surface area contributed by atoms with Crippen molar-refractivity contribution in [1.82, 2.24) is 4.98 Å². The summed E-state index contributed by atoms with van der Waals surface area (Å²) in [4.78, 5) is 13.8. The fraction of sp³-hybridized carbons (Fsp3) is 0.214. The number of aromatic nitrogens is 1. The molecule has 0 saturated heterocycles. The topological polar surface area (TPSA) is 62.3 Å². The van der Waals surface area contributed by atoms with Crippen LogP contribution < -0.4 is 4.74 Å². The molecule has 0 aliphatic carbocycles. The molecule has 0 aliphatic heterocycles. The number of nitrogens with one attached hydrogen (secondary N) is 1. The molecule has 19 heavy (non-hydrogen) atoms. The number of para-hydroxylation sites is 1. The summed E-state index contributed by atoms with van der Waals surface area (Å²) in [6.07, 6.45) is 1.64. The minimum atomic E-state index is -0.920. The van der Waals surface area contributed by atoms with Crippen LogP contribution >= 0.6 is 0 Å². The largest absolute Gasteiger partial charge is 0.490 e. The van der Waals surface area contributed by atoms with Crippen molar-refractivity contribution in [2.45, 2.75) is 12.3 Å². The molecule has 0 amide bonds. The third kappa shape index (κ3) is 3.58. The van der Waals surface area contributed by atoms with Crippen LogP contribution in [0.15, 0.2) is 42.6 Å². The van der Waals surface area contributed by atoms with Crippen LogP contribution in [0.1, 0.15) is 18.0 Å². The van der Waals surface area contributed by atoms with E-state index in [-0.39, 0.29) is 24.7 Å². The number of halogens is 1. The van der Waals surface area contributed by atoms with Crippen molar-refractivity contribution in [3.63, 3.8) is 0 Å². The van der Waals surface area contributed by atoms with E-state index in [0.29, 0.717) is 0 Å². The van der Waals surface area contributed by atoms with Gasteiger partial charge in [-0.25, -0.2) is 4.39 Å². The van der Waals surface area contributed by atoms with Crippen LogP contribution in [0.25, 0.3) is 0 Å². The summed E-state index contributed by atoms with van der Waals surface area (Å²) in [5.41, 5.74) is 0.763.